The number of benzene rings is 1. The van der Waals surface area contributed by atoms with E-state index in [4.69, 9.17) is 4.84 Å². The van der Waals surface area contributed by atoms with E-state index in [1.165, 1.54) is 17.5 Å². The van der Waals surface area contributed by atoms with Gasteiger partial charge in [0.15, 0.2) is 5.60 Å². The van der Waals surface area contributed by atoms with Crippen molar-refractivity contribution in [1.29, 1.82) is 0 Å². The van der Waals surface area contributed by atoms with E-state index in [1.807, 2.05) is 0 Å². The predicted octanol–water partition coefficient (Wildman–Crippen LogP) is 2.24. The van der Waals surface area contributed by atoms with Gasteiger partial charge in [-0.1, -0.05) is 35.0 Å². The van der Waals surface area contributed by atoms with Crippen molar-refractivity contribution in [2.24, 2.45) is 5.16 Å². The van der Waals surface area contributed by atoms with E-state index in [1.54, 1.807) is 0 Å². The molecule has 1 unspecified atom stereocenters. The molecule has 3 heteroatoms. The van der Waals surface area contributed by atoms with Crippen LogP contribution in [0.3, 0.4) is 0 Å². The van der Waals surface area contributed by atoms with Crippen LogP contribution in [-0.4, -0.2) is 24.4 Å². The van der Waals surface area contributed by atoms with Gasteiger partial charge in [-0.05, 0) is 31.9 Å². The molecule has 0 amide bonds. The maximum atomic E-state index is 5.71. The Kier molecular flexibility index (Phi) is 2.63. The number of hydrogen-bond acceptors (Lipinski definition) is 3. The van der Waals surface area contributed by atoms with Crippen LogP contribution in [0.25, 0.3) is 0 Å². The summed E-state index contributed by atoms with van der Waals surface area (Å²) >= 11 is 0. The minimum atomic E-state index is -0.0721. The lowest BCUT2D eigenvalue weighted by atomic mass is 9.87. The highest BCUT2D eigenvalue weighted by Gasteiger charge is 2.40. The summed E-state index contributed by atoms with van der Waals surface area (Å²) < 4.78 is 0. The highest BCUT2D eigenvalue weighted by molar-refractivity contribution is 6.01. The Morgan fingerprint density at radius 1 is 1.41 bits per heavy atom. The Hall–Kier alpha value is -1.35. The van der Waals surface area contributed by atoms with E-state index in [0.29, 0.717) is 0 Å². The summed E-state index contributed by atoms with van der Waals surface area (Å²) in [5.41, 5.74) is 3.50. The molecule has 3 nitrogen and oxygen atoms in total. The monoisotopic (exact) mass is 230 g/mol. The molecule has 0 aromatic heterocycles. The van der Waals surface area contributed by atoms with Crippen molar-refractivity contribution in [3.8, 4) is 0 Å². The summed E-state index contributed by atoms with van der Waals surface area (Å²) in [5, 5.41) is 7.70. The molecule has 17 heavy (non-hydrogen) atoms. The normalized spacial score (nSPS) is 27.9. The first-order valence-electron chi connectivity index (χ1n) is 6.30. The second-order valence-electron chi connectivity index (χ2n) is 5.14. The number of nitrogens with zero attached hydrogens (tertiary/aromatic N) is 1. The minimum absolute atomic E-state index is 0.0721. The zero-order valence-electron chi connectivity index (χ0n) is 10.2. The third kappa shape index (κ3) is 2.07. The van der Waals surface area contributed by atoms with Crippen molar-refractivity contribution in [2.45, 2.75) is 31.8 Å². The van der Waals surface area contributed by atoms with Crippen LogP contribution in [0.1, 0.15) is 30.4 Å². The Morgan fingerprint density at radius 2 is 2.35 bits per heavy atom. The molecule has 3 rings (SSSR count). The summed E-state index contributed by atoms with van der Waals surface area (Å²) in [6.07, 6.45) is 3.22. The summed E-state index contributed by atoms with van der Waals surface area (Å²) in [7, 11) is 0. The molecule has 2 aliphatic rings. The molecule has 0 saturated carbocycles. The number of rotatable bonds is 1. The lowest BCUT2D eigenvalue weighted by Gasteiger charge is -2.31. The van der Waals surface area contributed by atoms with E-state index >= 15 is 0 Å². The lowest BCUT2D eigenvalue weighted by Crippen LogP contribution is -2.45. The molecule has 1 N–H and O–H groups in total. The second-order valence-corrected chi connectivity index (χ2v) is 5.14. The van der Waals surface area contributed by atoms with Gasteiger partial charge in [0, 0.05) is 13.0 Å². The second kappa shape index (κ2) is 4.15. The van der Waals surface area contributed by atoms with Crippen molar-refractivity contribution in [3.05, 3.63) is 35.4 Å². The molecule has 1 atom stereocenters. The Bertz CT molecular complexity index is 447. The number of oxime groups is 1. The van der Waals surface area contributed by atoms with Crippen molar-refractivity contribution in [3.63, 3.8) is 0 Å². The van der Waals surface area contributed by atoms with Crippen LogP contribution in [0.15, 0.2) is 29.4 Å². The van der Waals surface area contributed by atoms with Crippen LogP contribution >= 0.6 is 0 Å². The van der Waals surface area contributed by atoms with Crippen molar-refractivity contribution < 1.29 is 4.84 Å². The van der Waals surface area contributed by atoms with Crippen LogP contribution in [0.4, 0.5) is 0 Å². The van der Waals surface area contributed by atoms with Crippen LogP contribution in [0.5, 0.6) is 0 Å². The van der Waals surface area contributed by atoms with Gasteiger partial charge < -0.3 is 10.2 Å². The SMILES string of the molecule is Cc1cccc(C2=NOC3(CCCNC3)C2)c1. The van der Waals surface area contributed by atoms with E-state index in [-0.39, 0.29) is 5.60 Å². The number of aryl methyl sites for hydroxylation is 1. The van der Waals surface area contributed by atoms with E-state index < -0.39 is 0 Å². The van der Waals surface area contributed by atoms with E-state index in [2.05, 4.69) is 41.7 Å². The smallest absolute Gasteiger partial charge is 0.155 e. The van der Waals surface area contributed by atoms with Gasteiger partial charge in [-0.2, -0.15) is 0 Å². The first kappa shape index (κ1) is 10.8. The molecule has 1 aromatic rings. The summed E-state index contributed by atoms with van der Waals surface area (Å²) in [6.45, 7) is 4.13. The van der Waals surface area contributed by atoms with Gasteiger partial charge >= 0.3 is 0 Å². The maximum absolute atomic E-state index is 5.71. The first-order chi connectivity index (χ1) is 8.27. The largest absolute Gasteiger partial charge is 0.387 e. The topological polar surface area (TPSA) is 33.6 Å². The molecule has 90 valence electrons. The van der Waals surface area contributed by atoms with E-state index in [0.717, 1.165) is 31.6 Å². The van der Waals surface area contributed by atoms with Crippen LogP contribution < -0.4 is 5.32 Å². The molecule has 0 radical (unpaired) electrons. The van der Waals surface area contributed by atoms with E-state index in [9.17, 15) is 0 Å². The number of piperidine rings is 1. The molecule has 2 heterocycles. The molecule has 1 fully saturated rings. The summed E-state index contributed by atoms with van der Waals surface area (Å²) in [6, 6.07) is 8.48. The third-order valence-electron chi connectivity index (χ3n) is 3.62. The van der Waals surface area contributed by atoms with Crippen LogP contribution in [0, 0.1) is 6.92 Å². The Balaban J connectivity index is 1.79. The van der Waals surface area contributed by atoms with Gasteiger partial charge in [-0.3, -0.25) is 0 Å². The first-order valence-corrected chi connectivity index (χ1v) is 6.30. The average Bonchev–Trinajstić information content (AvgIpc) is 2.74. The Labute approximate surface area is 102 Å². The van der Waals surface area contributed by atoms with Gasteiger partial charge in [-0.15, -0.1) is 0 Å². The average molecular weight is 230 g/mol. The third-order valence-corrected chi connectivity index (χ3v) is 3.62. The number of nitrogens with one attached hydrogen (secondary N) is 1. The fraction of sp³-hybridized carbons (Fsp3) is 0.500. The van der Waals surface area contributed by atoms with Gasteiger partial charge in [0.1, 0.15) is 0 Å². The fourth-order valence-electron chi connectivity index (χ4n) is 2.67. The zero-order chi connectivity index (χ0) is 11.7. The van der Waals surface area contributed by atoms with Crippen molar-refractivity contribution in [1.82, 2.24) is 5.32 Å². The predicted molar refractivity (Wildman–Crippen MR) is 68.3 cm³/mol. The molecule has 1 aromatic carbocycles. The highest BCUT2D eigenvalue weighted by atomic mass is 16.7. The summed E-state index contributed by atoms with van der Waals surface area (Å²) in [4.78, 5) is 5.71. The molecule has 0 aliphatic carbocycles. The van der Waals surface area contributed by atoms with Crippen molar-refractivity contribution in [2.75, 3.05) is 13.1 Å². The van der Waals surface area contributed by atoms with Crippen molar-refractivity contribution >= 4 is 5.71 Å². The standard InChI is InChI=1S/C14H18N2O/c1-11-4-2-5-12(8-11)13-9-14(17-16-13)6-3-7-15-10-14/h2,4-5,8,15H,3,6-7,9-10H2,1H3. The summed E-state index contributed by atoms with van der Waals surface area (Å²) in [5.74, 6) is 0. The number of hydrogen-bond donors (Lipinski definition) is 1. The maximum Gasteiger partial charge on any atom is 0.155 e. The molecule has 1 saturated heterocycles. The molecular weight excluding hydrogens is 212 g/mol. The quantitative estimate of drug-likeness (QED) is 0.802. The fourth-order valence-corrected chi connectivity index (χ4v) is 2.67. The van der Waals surface area contributed by atoms with Crippen LogP contribution in [-0.2, 0) is 4.84 Å². The molecule has 1 spiro atoms. The highest BCUT2D eigenvalue weighted by Crippen LogP contribution is 2.32. The van der Waals surface area contributed by atoms with Gasteiger partial charge in [0.2, 0.25) is 0 Å². The molecule has 2 aliphatic heterocycles. The van der Waals surface area contributed by atoms with Gasteiger partial charge in [0.05, 0.1) is 5.71 Å². The van der Waals surface area contributed by atoms with Crippen LogP contribution in [0.2, 0.25) is 0 Å². The van der Waals surface area contributed by atoms with Gasteiger partial charge in [0.25, 0.3) is 0 Å². The molecular formula is C14H18N2O. The lowest BCUT2D eigenvalue weighted by molar-refractivity contribution is -0.0347. The minimum Gasteiger partial charge on any atom is -0.387 e. The van der Waals surface area contributed by atoms with Gasteiger partial charge in [-0.25, -0.2) is 0 Å². The molecule has 0 bridgehead atoms. The Morgan fingerprint density at radius 3 is 3.12 bits per heavy atom. The zero-order valence-corrected chi connectivity index (χ0v) is 10.2.